The van der Waals surface area contributed by atoms with Gasteiger partial charge < -0.3 is 31.5 Å². The van der Waals surface area contributed by atoms with E-state index in [1.807, 2.05) is 67.6 Å². The van der Waals surface area contributed by atoms with Gasteiger partial charge in [0.05, 0.1) is 6.04 Å². The minimum Gasteiger partial charge on any atom is -0.480 e. The maximum Gasteiger partial charge on any atom is 0.407 e. The number of nitrogens with two attached hydrogens (primary N) is 1. The predicted octanol–water partition coefficient (Wildman–Crippen LogP) is 3.00. The molecule has 10 heteroatoms. The fourth-order valence-corrected chi connectivity index (χ4v) is 4.14. The van der Waals surface area contributed by atoms with Crippen LogP contribution in [0.15, 0.2) is 60.7 Å². The average Bonchev–Trinajstić information content (AvgIpc) is 2.93. The average molecular weight is 555 g/mol. The standard InChI is InChI=1S/C30H42N4O6/c1-5-20(4)27(28(36)34-26(19(2)3)29(37)38)33-25(35)17-24(23(31)16-21-12-8-6-9-13-21)32-30(39)40-18-22-14-10-7-11-15-22/h6-15,19-20,23-24,26-27H,5,16-18,31H2,1-4H3,(H,32,39)(H,33,35)(H,34,36)(H,37,38)/t20-,23?,24?,26-,27-/m0/s1. The minimum absolute atomic E-state index is 0.0520. The van der Waals surface area contributed by atoms with Crippen molar-refractivity contribution < 1.29 is 29.0 Å². The summed E-state index contributed by atoms with van der Waals surface area (Å²) in [6.45, 7) is 7.11. The van der Waals surface area contributed by atoms with E-state index in [1.165, 1.54) is 0 Å². The first-order valence-corrected chi connectivity index (χ1v) is 13.6. The highest BCUT2D eigenvalue weighted by Crippen LogP contribution is 2.13. The number of nitrogens with one attached hydrogen (secondary N) is 3. The molecule has 0 saturated heterocycles. The van der Waals surface area contributed by atoms with E-state index in [4.69, 9.17) is 10.5 Å². The third-order valence-electron chi connectivity index (χ3n) is 6.79. The van der Waals surface area contributed by atoms with Crippen molar-refractivity contribution in [3.05, 3.63) is 71.8 Å². The molecule has 2 aromatic carbocycles. The number of carbonyl (C=O) groups excluding carboxylic acids is 3. The van der Waals surface area contributed by atoms with Crippen LogP contribution in [-0.4, -0.2) is 53.2 Å². The molecule has 40 heavy (non-hydrogen) atoms. The third-order valence-corrected chi connectivity index (χ3v) is 6.79. The number of hydrogen-bond donors (Lipinski definition) is 5. The summed E-state index contributed by atoms with van der Waals surface area (Å²) in [5.74, 6) is -2.85. The predicted molar refractivity (Wildman–Crippen MR) is 152 cm³/mol. The molecule has 0 saturated carbocycles. The third kappa shape index (κ3) is 10.7. The molecule has 2 rings (SSSR count). The molecule has 2 aromatic rings. The number of carboxylic acids is 1. The van der Waals surface area contributed by atoms with Crippen LogP contribution >= 0.6 is 0 Å². The van der Waals surface area contributed by atoms with Gasteiger partial charge in [0, 0.05) is 12.5 Å². The Morgan fingerprint density at radius 1 is 0.850 bits per heavy atom. The Hall–Kier alpha value is -3.92. The van der Waals surface area contributed by atoms with Crippen molar-refractivity contribution in [2.45, 2.75) is 77.7 Å². The van der Waals surface area contributed by atoms with Crippen molar-refractivity contribution in [2.24, 2.45) is 17.6 Å². The fourth-order valence-electron chi connectivity index (χ4n) is 4.14. The summed E-state index contributed by atoms with van der Waals surface area (Å²) in [7, 11) is 0. The number of amides is 3. The lowest BCUT2D eigenvalue weighted by molar-refractivity contribution is -0.143. The van der Waals surface area contributed by atoms with Crippen molar-refractivity contribution in [1.82, 2.24) is 16.0 Å². The molecule has 10 nitrogen and oxygen atoms in total. The quantitative estimate of drug-likeness (QED) is 0.226. The van der Waals surface area contributed by atoms with E-state index in [0.29, 0.717) is 12.8 Å². The summed E-state index contributed by atoms with van der Waals surface area (Å²) < 4.78 is 5.35. The molecular weight excluding hydrogens is 512 g/mol. The minimum atomic E-state index is -1.15. The van der Waals surface area contributed by atoms with Gasteiger partial charge in [-0.05, 0) is 29.4 Å². The normalized spacial score (nSPS) is 14.8. The van der Waals surface area contributed by atoms with Crippen LogP contribution in [0.5, 0.6) is 0 Å². The Bertz CT molecular complexity index is 1100. The number of carbonyl (C=O) groups is 4. The number of alkyl carbamates (subject to hydrolysis) is 1. The van der Waals surface area contributed by atoms with Crippen LogP contribution in [0, 0.1) is 11.8 Å². The second-order valence-electron chi connectivity index (χ2n) is 10.4. The molecular formula is C30H42N4O6. The number of rotatable bonds is 15. The SMILES string of the molecule is CC[C@H](C)[C@H](NC(=O)CC(NC(=O)OCc1ccccc1)C(N)Cc1ccccc1)C(=O)N[C@H](C(=O)O)C(C)C. The molecule has 0 bridgehead atoms. The molecule has 0 radical (unpaired) electrons. The van der Waals surface area contributed by atoms with Gasteiger partial charge in [-0.1, -0.05) is 94.8 Å². The summed E-state index contributed by atoms with van der Waals surface area (Å²) in [6, 6.07) is 15.1. The Morgan fingerprint density at radius 2 is 1.43 bits per heavy atom. The summed E-state index contributed by atoms with van der Waals surface area (Å²) in [5.41, 5.74) is 8.21. The lowest BCUT2D eigenvalue weighted by Gasteiger charge is -2.28. The molecule has 0 aromatic heterocycles. The zero-order valence-electron chi connectivity index (χ0n) is 23.6. The molecule has 6 N–H and O–H groups in total. The van der Waals surface area contributed by atoms with Crippen molar-refractivity contribution in [3.63, 3.8) is 0 Å². The van der Waals surface area contributed by atoms with Crippen LogP contribution in [0.2, 0.25) is 0 Å². The maximum atomic E-state index is 13.2. The van der Waals surface area contributed by atoms with E-state index in [0.717, 1.165) is 11.1 Å². The molecule has 0 aliphatic rings. The van der Waals surface area contributed by atoms with Gasteiger partial charge in [-0.2, -0.15) is 0 Å². The van der Waals surface area contributed by atoms with Crippen molar-refractivity contribution in [3.8, 4) is 0 Å². The fraction of sp³-hybridized carbons (Fsp3) is 0.467. The topological polar surface area (TPSA) is 160 Å². The largest absolute Gasteiger partial charge is 0.480 e. The molecule has 218 valence electrons. The molecule has 0 fully saturated rings. The Labute approximate surface area is 236 Å². The van der Waals surface area contributed by atoms with Crippen molar-refractivity contribution >= 4 is 23.9 Å². The first-order chi connectivity index (χ1) is 19.0. The van der Waals surface area contributed by atoms with Gasteiger partial charge in [0.15, 0.2) is 0 Å². The van der Waals surface area contributed by atoms with E-state index < -0.39 is 48.0 Å². The summed E-state index contributed by atoms with van der Waals surface area (Å²) >= 11 is 0. The summed E-state index contributed by atoms with van der Waals surface area (Å²) in [5, 5.41) is 17.5. The molecule has 0 aliphatic carbocycles. The van der Waals surface area contributed by atoms with Crippen LogP contribution in [0.4, 0.5) is 4.79 Å². The molecule has 0 aliphatic heterocycles. The van der Waals surface area contributed by atoms with Crippen molar-refractivity contribution in [2.75, 3.05) is 0 Å². The molecule has 5 atom stereocenters. The van der Waals surface area contributed by atoms with Gasteiger partial charge in [-0.25, -0.2) is 9.59 Å². The van der Waals surface area contributed by atoms with E-state index in [1.54, 1.807) is 20.8 Å². The maximum absolute atomic E-state index is 13.2. The highest BCUT2D eigenvalue weighted by atomic mass is 16.5. The zero-order valence-corrected chi connectivity index (χ0v) is 23.6. The van der Waals surface area contributed by atoms with Crippen molar-refractivity contribution in [1.29, 1.82) is 0 Å². The van der Waals surface area contributed by atoms with Crippen LogP contribution < -0.4 is 21.7 Å². The number of benzene rings is 2. The Kier molecular flexibility index (Phi) is 13.1. The van der Waals surface area contributed by atoms with Crippen LogP contribution in [-0.2, 0) is 32.1 Å². The van der Waals surface area contributed by atoms with Crippen LogP contribution in [0.1, 0.15) is 51.7 Å². The van der Waals surface area contributed by atoms with Gasteiger partial charge >= 0.3 is 12.1 Å². The van der Waals surface area contributed by atoms with Gasteiger partial charge in [0.1, 0.15) is 18.7 Å². The first kappa shape index (κ1) is 32.3. The van der Waals surface area contributed by atoms with Gasteiger partial charge in [-0.3, -0.25) is 9.59 Å². The lowest BCUT2D eigenvalue weighted by atomic mass is 9.95. The zero-order chi connectivity index (χ0) is 29.7. The van der Waals surface area contributed by atoms with Gasteiger partial charge in [0.25, 0.3) is 0 Å². The number of ether oxygens (including phenoxy) is 1. The number of hydrogen-bond acceptors (Lipinski definition) is 6. The smallest absolute Gasteiger partial charge is 0.407 e. The van der Waals surface area contributed by atoms with E-state index >= 15 is 0 Å². The van der Waals surface area contributed by atoms with Gasteiger partial charge in [0.2, 0.25) is 11.8 Å². The lowest BCUT2D eigenvalue weighted by Crippen LogP contribution is -2.57. The Morgan fingerprint density at radius 3 is 1.95 bits per heavy atom. The highest BCUT2D eigenvalue weighted by molar-refractivity contribution is 5.91. The molecule has 3 amide bonds. The van der Waals surface area contributed by atoms with E-state index in [9.17, 15) is 24.3 Å². The first-order valence-electron chi connectivity index (χ1n) is 13.6. The van der Waals surface area contributed by atoms with Crippen LogP contribution in [0.3, 0.4) is 0 Å². The Balaban J connectivity index is 2.14. The number of carboxylic acid groups (broad SMARTS) is 1. The molecule has 0 heterocycles. The monoisotopic (exact) mass is 554 g/mol. The second-order valence-corrected chi connectivity index (χ2v) is 10.4. The van der Waals surface area contributed by atoms with E-state index in [-0.39, 0.29) is 24.9 Å². The summed E-state index contributed by atoms with van der Waals surface area (Å²) in [4.78, 5) is 50.5. The van der Waals surface area contributed by atoms with E-state index in [2.05, 4.69) is 16.0 Å². The van der Waals surface area contributed by atoms with Gasteiger partial charge in [-0.15, -0.1) is 0 Å². The van der Waals surface area contributed by atoms with Crippen LogP contribution in [0.25, 0.3) is 0 Å². The molecule has 2 unspecified atom stereocenters. The second kappa shape index (κ2) is 16.2. The number of aliphatic carboxylic acids is 1. The highest BCUT2D eigenvalue weighted by Gasteiger charge is 2.32. The summed E-state index contributed by atoms with van der Waals surface area (Å²) in [6.07, 6.45) is 0.0319. The molecule has 0 spiro atoms.